The second kappa shape index (κ2) is 14.0. The van der Waals surface area contributed by atoms with Crippen LogP contribution < -0.4 is 0 Å². The van der Waals surface area contributed by atoms with Crippen molar-refractivity contribution >= 4 is 50.5 Å². The van der Waals surface area contributed by atoms with Gasteiger partial charge in [0, 0.05) is 21.8 Å². The molecule has 64 heavy (non-hydrogen) atoms. The largest absolute Gasteiger partial charge is 0.247 e. The van der Waals surface area contributed by atoms with Crippen LogP contribution in [0.5, 0.6) is 0 Å². The molecule has 310 valence electrons. The molecule has 0 atom stereocenters. The lowest BCUT2D eigenvalue weighted by molar-refractivity contribution is 0.646. The minimum absolute atomic E-state index is 0.0518. The van der Waals surface area contributed by atoms with Gasteiger partial charge in [0.2, 0.25) is 0 Å². The Kier molecular flexibility index (Phi) is 8.28. The van der Waals surface area contributed by atoms with E-state index in [0.717, 1.165) is 62.6 Å². The molecule has 1 nitrogen and oxygen atoms in total. The zero-order valence-electron chi connectivity index (χ0n) is 37.5. The van der Waals surface area contributed by atoms with E-state index in [0.29, 0.717) is 0 Å². The quantitative estimate of drug-likeness (QED) is 0.172. The first-order chi connectivity index (χ1) is 31.2. The molecule has 0 saturated heterocycles. The first kappa shape index (κ1) is 37.9. The SMILES string of the molecule is CC1(C)C2=C(CCC(C3=CC4=C(CC3)c3ccc(-c5ccc6ccc7c(c6n5)CCC=C7)cc3C4(C)C)=C2)c2ccc(-c3ccc4c(c3)CCC(c3ccc5ccccc5c3)=C4)cc21. The van der Waals surface area contributed by atoms with Crippen molar-refractivity contribution in [1.82, 2.24) is 4.98 Å². The number of aromatic nitrogens is 1. The third kappa shape index (κ3) is 5.79. The van der Waals surface area contributed by atoms with Crippen LogP contribution in [0.1, 0.15) is 116 Å². The molecule has 0 aliphatic heterocycles. The third-order valence-electron chi connectivity index (χ3n) is 16.1. The van der Waals surface area contributed by atoms with E-state index in [1.165, 1.54) is 99.6 Å². The van der Waals surface area contributed by atoms with Gasteiger partial charge < -0.3 is 0 Å². The fourth-order valence-corrected chi connectivity index (χ4v) is 12.5. The minimum Gasteiger partial charge on any atom is -0.247 e. The van der Waals surface area contributed by atoms with Crippen molar-refractivity contribution in [3.8, 4) is 22.4 Å². The molecule has 13 rings (SSSR count). The van der Waals surface area contributed by atoms with E-state index in [9.17, 15) is 0 Å². The highest BCUT2D eigenvalue weighted by Crippen LogP contribution is 2.56. The summed E-state index contributed by atoms with van der Waals surface area (Å²) in [6.45, 7) is 9.81. The highest BCUT2D eigenvalue weighted by atomic mass is 14.7. The van der Waals surface area contributed by atoms with E-state index in [4.69, 9.17) is 4.98 Å². The molecule has 7 aromatic rings. The van der Waals surface area contributed by atoms with Crippen LogP contribution in [0.15, 0.2) is 162 Å². The summed E-state index contributed by atoms with van der Waals surface area (Å²) in [4.78, 5) is 5.33. The second-order valence-electron chi connectivity index (χ2n) is 20.4. The van der Waals surface area contributed by atoms with E-state index in [1.807, 2.05) is 0 Å². The number of benzene rings is 6. The number of nitrogens with zero attached hydrogens (tertiary/aromatic N) is 1. The molecular weight excluding hydrogens is 771 g/mol. The summed E-state index contributed by atoms with van der Waals surface area (Å²) < 4.78 is 0. The smallest absolute Gasteiger partial charge is 0.0747 e. The van der Waals surface area contributed by atoms with E-state index in [2.05, 4.69) is 179 Å². The zero-order valence-corrected chi connectivity index (χ0v) is 37.5. The van der Waals surface area contributed by atoms with E-state index in [-0.39, 0.29) is 10.8 Å². The van der Waals surface area contributed by atoms with Crippen LogP contribution in [-0.4, -0.2) is 4.98 Å². The van der Waals surface area contributed by atoms with Gasteiger partial charge in [-0.15, -0.1) is 0 Å². The summed E-state index contributed by atoms with van der Waals surface area (Å²) >= 11 is 0. The molecule has 6 aromatic carbocycles. The summed E-state index contributed by atoms with van der Waals surface area (Å²) in [7, 11) is 0. The highest BCUT2D eigenvalue weighted by molar-refractivity contribution is 5.93. The van der Waals surface area contributed by atoms with Crippen LogP contribution >= 0.6 is 0 Å². The Morgan fingerprint density at radius 3 is 1.83 bits per heavy atom. The van der Waals surface area contributed by atoms with Crippen molar-refractivity contribution in [2.75, 3.05) is 0 Å². The van der Waals surface area contributed by atoms with Crippen molar-refractivity contribution in [2.24, 2.45) is 0 Å². The molecule has 0 spiro atoms. The number of aryl methyl sites for hydroxylation is 2. The fraction of sp³-hybridized carbons (Fsp3) is 0.222. The summed E-state index contributed by atoms with van der Waals surface area (Å²) in [5, 5.41) is 3.85. The summed E-state index contributed by atoms with van der Waals surface area (Å²) in [6.07, 6.45) is 20.9. The minimum atomic E-state index is -0.0709. The lowest BCUT2D eigenvalue weighted by Crippen LogP contribution is -2.19. The van der Waals surface area contributed by atoms with Crippen LogP contribution in [-0.2, 0) is 23.7 Å². The van der Waals surface area contributed by atoms with E-state index in [1.54, 1.807) is 22.3 Å². The second-order valence-corrected chi connectivity index (χ2v) is 20.4. The van der Waals surface area contributed by atoms with Crippen LogP contribution in [0.25, 0.3) is 72.9 Å². The molecule has 0 N–H and O–H groups in total. The Morgan fingerprint density at radius 1 is 0.453 bits per heavy atom. The number of rotatable bonds is 4. The van der Waals surface area contributed by atoms with Gasteiger partial charge in [0.25, 0.3) is 0 Å². The topological polar surface area (TPSA) is 12.9 Å². The van der Waals surface area contributed by atoms with Crippen molar-refractivity contribution < 1.29 is 0 Å². The van der Waals surface area contributed by atoms with Gasteiger partial charge in [0.05, 0.1) is 11.2 Å². The molecule has 1 heteroatoms. The number of hydrogen-bond acceptors (Lipinski definition) is 1. The predicted molar refractivity (Wildman–Crippen MR) is 271 cm³/mol. The van der Waals surface area contributed by atoms with Gasteiger partial charge in [-0.1, -0.05) is 155 Å². The molecule has 0 bridgehead atoms. The third-order valence-corrected chi connectivity index (χ3v) is 16.1. The lowest BCUT2D eigenvalue weighted by atomic mass is 9.75. The van der Waals surface area contributed by atoms with Gasteiger partial charge >= 0.3 is 0 Å². The van der Waals surface area contributed by atoms with Gasteiger partial charge in [-0.2, -0.15) is 0 Å². The molecule has 6 aliphatic rings. The van der Waals surface area contributed by atoms with Gasteiger partial charge in [-0.25, -0.2) is 4.98 Å². The van der Waals surface area contributed by atoms with Crippen molar-refractivity contribution in [3.05, 3.63) is 212 Å². The van der Waals surface area contributed by atoms with Crippen LogP contribution in [0, 0.1) is 0 Å². The van der Waals surface area contributed by atoms with Gasteiger partial charge in [-0.05, 0) is 187 Å². The highest BCUT2D eigenvalue weighted by Gasteiger charge is 2.41. The predicted octanol–water partition coefficient (Wildman–Crippen LogP) is 16.4. The molecule has 6 aliphatic carbocycles. The van der Waals surface area contributed by atoms with Gasteiger partial charge in [0.15, 0.2) is 0 Å². The van der Waals surface area contributed by atoms with E-state index >= 15 is 0 Å². The molecule has 1 aromatic heterocycles. The van der Waals surface area contributed by atoms with Gasteiger partial charge in [-0.3, -0.25) is 0 Å². The molecule has 0 radical (unpaired) electrons. The maximum absolute atomic E-state index is 5.33. The Hall–Kier alpha value is -6.57. The Labute approximate surface area is 378 Å². The number of pyridine rings is 1. The molecular formula is C63H53N. The monoisotopic (exact) mass is 823 g/mol. The average Bonchev–Trinajstić information content (AvgIpc) is 3.71. The first-order valence-electron chi connectivity index (χ1n) is 23.8. The summed E-state index contributed by atoms with van der Waals surface area (Å²) in [5.74, 6) is 0. The van der Waals surface area contributed by atoms with Crippen LogP contribution in [0.2, 0.25) is 0 Å². The molecule has 0 unspecified atom stereocenters. The molecule has 1 heterocycles. The molecule has 0 saturated carbocycles. The van der Waals surface area contributed by atoms with E-state index < -0.39 is 0 Å². The standard InChI is InChI=1S/C63H53N/c1-62(2)56-34-47(46-20-19-44-32-43(17-18-45(44)33-46)42-16-13-38-9-5-6-11-41(38)31-42)21-26-52(56)53-27-22-48(35-57(53)62)49-23-28-54-55-29-24-50(37-59(55)63(3,4)58(54)36-49)60-30-25-40-15-14-39-10-7-8-12-51(39)61(40)64-60/h5-7,9-11,13-16,19-21,24-26,29-37H,8,12,17-18,22-23,27-28H2,1-4H3. The van der Waals surface area contributed by atoms with Crippen molar-refractivity contribution in [3.63, 3.8) is 0 Å². The zero-order chi connectivity index (χ0) is 42.9. The van der Waals surface area contributed by atoms with Crippen LogP contribution in [0.4, 0.5) is 0 Å². The number of hydrogen-bond donors (Lipinski definition) is 0. The fourth-order valence-electron chi connectivity index (χ4n) is 12.5. The number of allylic oxidation sites excluding steroid dienone is 10. The maximum atomic E-state index is 5.33. The molecule has 0 fully saturated rings. The summed E-state index contributed by atoms with van der Waals surface area (Å²) in [5.41, 5.74) is 29.4. The lowest BCUT2D eigenvalue weighted by Gasteiger charge is -2.29. The Bertz CT molecular complexity index is 3420. The van der Waals surface area contributed by atoms with Crippen LogP contribution in [0.3, 0.4) is 0 Å². The Balaban J connectivity index is 0.770. The first-order valence-corrected chi connectivity index (χ1v) is 23.8. The number of fused-ring (bicyclic) bond motifs is 9. The van der Waals surface area contributed by atoms with Crippen molar-refractivity contribution in [2.45, 2.75) is 89.9 Å². The van der Waals surface area contributed by atoms with Gasteiger partial charge in [0.1, 0.15) is 0 Å². The average molecular weight is 824 g/mol. The Morgan fingerprint density at radius 2 is 1.06 bits per heavy atom. The summed E-state index contributed by atoms with van der Waals surface area (Å²) in [6, 6.07) is 46.2. The van der Waals surface area contributed by atoms with Crippen molar-refractivity contribution in [1.29, 1.82) is 0 Å². The normalized spacial score (nSPS) is 18.8. The maximum Gasteiger partial charge on any atom is 0.0747 e. The molecule has 0 amide bonds.